The van der Waals surface area contributed by atoms with Crippen LogP contribution in [-0.2, 0) is 10.0 Å². The van der Waals surface area contributed by atoms with E-state index in [0.717, 1.165) is 19.5 Å². The molecule has 0 aliphatic carbocycles. The lowest BCUT2D eigenvalue weighted by Gasteiger charge is -2.25. The summed E-state index contributed by atoms with van der Waals surface area (Å²) in [6.45, 7) is 3.65. The maximum absolute atomic E-state index is 12.5. The molecular weight excluding hydrogens is 240 g/mol. The van der Waals surface area contributed by atoms with Crippen molar-refractivity contribution in [2.45, 2.75) is 30.5 Å². The first kappa shape index (κ1) is 11.2. The van der Waals surface area contributed by atoms with Crippen LogP contribution in [0.4, 0.5) is 0 Å². The molecule has 2 saturated heterocycles. The smallest absolute Gasteiger partial charge is 0.260 e. The highest BCUT2D eigenvalue weighted by Crippen LogP contribution is 2.36. The minimum Gasteiger partial charge on any atom is -0.315 e. The number of aromatic amines is 1. The van der Waals surface area contributed by atoms with E-state index in [-0.39, 0.29) is 17.1 Å². The molecule has 3 rings (SSSR count). The molecule has 2 fully saturated rings. The molecule has 94 valence electrons. The summed E-state index contributed by atoms with van der Waals surface area (Å²) in [7, 11) is -3.42. The highest BCUT2D eigenvalue weighted by Gasteiger charge is 2.48. The summed E-state index contributed by atoms with van der Waals surface area (Å²) >= 11 is 0. The van der Waals surface area contributed by atoms with Crippen LogP contribution in [0.3, 0.4) is 0 Å². The molecule has 2 N–H and O–H groups in total. The average Bonchev–Trinajstić information content (AvgIpc) is 2.88. The van der Waals surface area contributed by atoms with Crippen LogP contribution in [0.2, 0.25) is 0 Å². The molecule has 0 radical (unpaired) electrons. The minimum absolute atomic E-state index is 0.0698. The van der Waals surface area contributed by atoms with Crippen LogP contribution in [0.15, 0.2) is 17.3 Å². The normalized spacial score (nSPS) is 34.1. The van der Waals surface area contributed by atoms with Crippen LogP contribution in [0.1, 0.15) is 13.3 Å². The second-order valence-corrected chi connectivity index (χ2v) is 6.64. The van der Waals surface area contributed by atoms with Gasteiger partial charge in [-0.3, -0.25) is 5.10 Å². The Kier molecular flexibility index (Phi) is 2.49. The van der Waals surface area contributed by atoms with Crippen LogP contribution in [0, 0.1) is 5.92 Å². The van der Waals surface area contributed by atoms with Crippen LogP contribution in [0.5, 0.6) is 0 Å². The van der Waals surface area contributed by atoms with Crippen molar-refractivity contribution in [2.24, 2.45) is 5.92 Å². The van der Waals surface area contributed by atoms with E-state index in [1.165, 1.54) is 12.3 Å². The van der Waals surface area contributed by atoms with Gasteiger partial charge in [0.15, 0.2) is 5.03 Å². The molecule has 2 aliphatic heterocycles. The predicted molar refractivity (Wildman–Crippen MR) is 61.8 cm³/mol. The lowest BCUT2D eigenvalue weighted by molar-refractivity contribution is 0.334. The number of nitrogens with zero attached hydrogens (tertiary/aromatic N) is 2. The molecule has 7 heteroatoms. The Bertz CT molecular complexity index is 498. The van der Waals surface area contributed by atoms with Crippen LogP contribution in [0.25, 0.3) is 0 Å². The van der Waals surface area contributed by atoms with Gasteiger partial charge in [0, 0.05) is 18.6 Å². The number of hydrogen-bond acceptors (Lipinski definition) is 4. The summed E-state index contributed by atoms with van der Waals surface area (Å²) in [5.41, 5.74) is 0. The molecule has 0 amide bonds. The average molecular weight is 256 g/mol. The van der Waals surface area contributed by atoms with Gasteiger partial charge < -0.3 is 5.32 Å². The predicted octanol–water partition coefficient (Wildman–Crippen LogP) is -0.219. The van der Waals surface area contributed by atoms with Crippen molar-refractivity contribution in [1.82, 2.24) is 19.8 Å². The van der Waals surface area contributed by atoms with Crippen molar-refractivity contribution in [1.29, 1.82) is 0 Å². The quantitative estimate of drug-likeness (QED) is 0.767. The van der Waals surface area contributed by atoms with Gasteiger partial charge in [-0.15, -0.1) is 0 Å². The lowest BCUT2D eigenvalue weighted by atomic mass is 10.0. The SMILES string of the molecule is CC1CC2CNCC2N1S(=O)(=O)c1ccn[nH]1. The highest BCUT2D eigenvalue weighted by molar-refractivity contribution is 7.89. The summed E-state index contributed by atoms with van der Waals surface area (Å²) in [5.74, 6) is 0.447. The molecule has 1 aromatic heterocycles. The Morgan fingerprint density at radius 1 is 1.47 bits per heavy atom. The third-order valence-electron chi connectivity index (χ3n) is 3.74. The maximum Gasteiger partial charge on any atom is 0.260 e. The highest BCUT2D eigenvalue weighted by atomic mass is 32.2. The molecule has 6 nitrogen and oxygen atoms in total. The molecule has 17 heavy (non-hydrogen) atoms. The number of aromatic nitrogens is 2. The fourth-order valence-electron chi connectivity index (χ4n) is 3.04. The standard InChI is InChI=1S/C10H16N4O2S/c1-7-4-8-5-11-6-9(8)14(7)17(15,16)10-2-3-12-13-10/h2-3,7-9,11H,4-6H2,1H3,(H,12,13). The van der Waals surface area contributed by atoms with Crippen molar-refractivity contribution >= 4 is 10.0 Å². The van der Waals surface area contributed by atoms with Gasteiger partial charge in [-0.25, -0.2) is 8.42 Å². The molecule has 0 bridgehead atoms. The zero-order valence-electron chi connectivity index (χ0n) is 9.63. The third kappa shape index (κ3) is 1.61. The summed E-state index contributed by atoms with van der Waals surface area (Å²) in [6.07, 6.45) is 2.41. The van der Waals surface area contributed by atoms with Crippen molar-refractivity contribution in [3.63, 3.8) is 0 Å². The van der Waals surface area contributed by atoms with Crippen molar-refractivity contribution < 1.29 is 8.42 Å². The fraction of sp³-hybridized carbons (Fsp3) is 0.700. The first-order valence-electron chi connectivity index (χ1n) is 5.84. The van der Waals surface area contributed by atoms with Crippen molar-refractivity contribution in [3.05, 3.63) is 12.3 Å². The second kappa shape index (κ2) is 3.79. The minimum atomic E-state index is -3.42. The van der Waals surface area contributed by atoms with Gasteiger partial charge in [-0.05, 0) is 31.9 Å². The number of H-pyrrole nitrogens is 1. The van der Waals surface area contributed by atoms with Crippen molar-refractivity contribution in [3.8, 4) is 0 Å². The number of nitrogens with one attached hydrogen (secondary N) is 2. The van der Waals surface area contributed by atoms with Gasteiger partial charge in [0.1, 0.15) is 0 Å². The van der Waals surface area contributed by atoms with Crippen LogP contribution >= 0.6 is 0 Å². The van der Waals surface area contributed by atoms with Crippen LogP contribution < -0.4 is 5.32 Å². The van der Waals surface area contributed by atoms with Gasteiger partial charge in [0.05, 0.1) is 6.20 Å². The molecule has 3 unspecified atom stereocenters. The monoisotopic (exact) mass is 256 g/mol. The molecule has 3 heterocycles. The topological polar surface area (TPSA) is 78.1 Å². The number of rotatable bonds is 2. The zero-order valence-corrected chi connectivity index (χ0v) is 10.4. The molecule has 0 saturated carbocycles. The fourth-order valence-corrected chi connectivity index (χ4v) is 4.83. The van der Waals surface area contributed by atoms with E-state index < -0.39 is 10.0 Å². The van der Waals surface area contributed by atoms with E-state index in [1.54, 1.807) is 4.31 Å². The van der Waals surface area contributed by atoms with Gasteiger partial charge in [-0.1, -0.05) is 0 Å². The van der Waals surface area contributed by atoms with Gasteiger partial charge in [0.25, 0.3) is 10.0 Å². The summed E-state index contributed by atoms with van der Waals surface area (Å²) in [4.78, 5) is 0. The first-order valence-corrected chi connectivity index (χ1v) is 7.28. The van der Waals surface area contributed by atoms with E-state index >= 15 is 0 Å². The largest absolute Gasteiger partial charge is 0.315 e. The summed E-state index contributed by atoms with van der Waals surface area (Å²) in [5, 5.41) is 9.73. The third-order valence-corrected chi connectivity index (χ3v) is 5.71. The van der Waals surface area contributed by atoms with Gasteiger partial charge in [0.2, 0.25) is 0 Å². The molecule has 2 aliphatic rings. The molecular formula is C10H16N4O2S. The second-order valence-electron chi connectivity index (χ2n) is 4.83. The summed E-state index contributed by atoms with van der Waals surface area (Å²) in [6, 6.07) is 1.68. The molecule has 3 atom stereocenters. The molecule has 0 aromatic carbocycles. The number of fused-ring (bicyclic) bond motifs is 1. The van der Waals surface area contributed by atoms with Crippen molar-refractivity contribution in [2.75, 3.05) is 13.1 Å². The number of hydrogen-bond donors (Lipinski definition) is 2. The van der Waals surface area contributed by atoms with E-state index in [4.69, 9.17) is 0 Å². The van der Waals surface area contributed by atoms with E-state index in [0.29, 0.717) is 5.92 Å². The summed E-state index contributed by atoms with van der Waals surface area (Å²) < 4.78 is 26.6. The Morgan fingerprint density at radius 2 is 2.29 bits per heavy atom. The van der Waals surface area contributed by atoms with Gasteiger partial charge >= 0.3 is 0 Å². The Hall–Kier alpha value is -0.920. The number of sulfonamides is 1. The van der Waals surface area contributed by atoms with Gasteiger partial charge in [-0.2, -0.15) is 9.40 Å². The zero-order chi connectivity index (χ0) is 12.0. The lowest BCUT2D eigenvalue weighted by Crippen LogP contribution is -2.42. The van der Waals surface area contributed by atoms with Crippen LogP contribution in [-0.4, -0.2) is 48.1 Å². The Labute approximate surface area is 100 Å². The molecule has 1 aromatic rings. The van der Waals surface area contributed by atoms with E-state index in [2.05, 4.69) is 15.5 Å². The van der Waals surface area contributed by atoms with E-state index in [9.17, 15) is 8.42 Å². The van der Waals surface area contributed by atoms with E-state index in [1.807, 2.05) is 6.92 Å². The Morgan fingerprint density at radius 3 is 3.00 bits per heavy atom. The first-order chi connectivity index (χ1) is 8.10. The Balaban J connectivity index is 1.98. The molecule has 0 spiro atoms. The maximum atomic E-state index is 12.5.